The van der Waals surface area contributed by atoms with E-state index in [1.165, 1.54) is 49.0 Å². The Kier molecular flexibility index (Phi) is 3.42. The highest BCUT2D eigenvalue weighted by molar-refractivity contribution is 6.91. The van der Waals surface area contributed by atoms with Crippen LogP contribution in [0.15, 0.2) is 40.9 Å². The minimum atomic E-state index is -1.69. The fourth-order valence-electron chi connectivity index (χ4n) is 4.82. The third-order valence-corrected chi connectivity index (χ3v) is 8.24. The molecule has 0 unspecified atom stereocenters. The Morgan fingerprint density at radius 3 is 2.50 bits per heavy atom. The molecular weight excluding hydrogens is 360 g/mol. The SMILES string of the molecule is Cc1cc2cccc3oc4c([Si](C)(C)C)c5c(cc[n+]5C)n(C)c4c(c1C)c23. The number of aryl methyl sites for hydroxylation is 4. The molecule has 0 aliphatic carbocycles. The van der Waals surface area contributed by atoms with Crippen molar-refractivity contribution in [3.05, 3.63) is 47.7 Å². The molecule has 0 spiro atoms. The summed E-state index contributed by atoms with van der Waals surface area (Å²) in [5.74, 6) is 0. The van der Waals surface area contributed by atoms with Crippen LogP contribution in [0.5, 0.6) is 0 Å². The highest BCUT2D eigenvalue weighted by Crippen LogP contribution is 2.38. The molecule has 0 amide bonds. The first-order valence-electron chi connectivity index (χ1n) is 9.93. The predicted octanol–water partition coefficient (Wildman–Crippen LogP) is 5.22. The van der Waals surface area contributed by atoms with Crippen LogP contribution < -0.4 is 9.75 Å². The van der Waals surface area contributed by atoms with Crippen LogP contribution in [-0.4, -0.2) is 12.6 Å². The molecule has 3 heterocycles. The quantitative estimate of drug-likeness (QED) is 0.167. The second-order valence-electron chi connectivity index (χ2n) is 9.17. The van der Waals surface area contributed by atoms with Crippen LogP contribution in [0.25, 0.3) is 43.9 Å². The smallest absolute Gasteiger partial charge is 0.232 e. The first kappa shape index (κ1) is 17.5. The van der Waals surface area contributed by atoms with Gasteiger partial charge in [0.05, 0.1) is 18.8 Å². The van der Waals surface area contributed by atoms with Crippen molar-refractivity contribution >= 4 is 57.1 Å². The Morgan fingerprint density at radius 2 is 1.79 bits per heavy atom. The maximum absolute atomic E-state index is 6.72. The summed E-state index contributed by atoms with van der Waals surface area (Å²) in [6.45, 7) is 11.7. The van der Waals surface area contributed by atoms with E-state index in [4.69, 9.17) is 4.42 Å². The number of hydrogen-bond acceptors (Lipinski definition) is 1. The van der Waals surface area contributed by atoms with Gasteiger partial charge in [-0.25, -0.2) is 0 Å². The van der Waals surface area contributed by atoms with E-state index in [0.717, 1.165) is 11.2 Å². The summed E-state index contributed by atoms with van der Waals surface area (Å²) in [5, 5.41) is 5.24. The summed E-state index contributed by atoms with van der Waals surface area (Å²) in [6.07, 6.45) is 2.17. The van der Waals surface area contributed by atoms with Crippen LogP contribution >= 0.6 is 0 Å². The van der Waals surface area contributed by atoms with E-state index in [2.05, 4.69) is 93.2 Å². The second kappa shape index (κ2) is 5.48. The number of fused-ring (bicyclic) bond motifs is 3. The molecular formula is C24H27N2OSi+. The van der Waals surface area contributed by atoms with Crippen molar-refractivity contribution in [2.45, 2.75) is 33.5 Å². The zero-order valence-corrected chi connectivity index (χ0v) is 18.8. The van der Waals surface area contributed by atoms with Gasteiger partial charge in [-0.3, -0.25) is 0 Å². The standard InChI is InChI=1S/C24H27N2OSi/c1-14-13-16-9-8-10-18-20(16)19(15(14)2)22-23(27-18)24(28(5,6)7)21-17(26(22)4)11-12-25(21)3/h8-13H,1-7H3/q+1. The number of rotatable bonds is 1. The zero-order chi connectivity index (χ0) is 20.0. The van der Waals surface area contributed by atoms with Gasteiger partial charge in [-0.2, -0.15) is 4.57 Å². The molecule has 5 aromatic rings. The van der Waals surface area contributed by atoms with Crippen molar-refractivity contribution < 1.29 is 8.98 Å². The summed E-state index contributed by atoms with van der Waals surface area (Å²) in [5.41, 5.74) is 8.52. The Balaban J connectivity index is 2.24. The predicted molar refractivity (Wildman–Crippen MR) is 121 cm³/mol. The molecule has 0 aliphatic heterocycles. The Hall–Kier alpha value is -2.59. The fourth-order valence-corrected chi connectivity index (χ4v) is 6.69. The Bertz CT molecular complexity index is 1430. The van der Waals surface area contributed by atoms with Crippen molar-refractivity contribution in [3.63, 3.8) is 0 Å². The zero-order valence-electron chi connectivity index (χ0n) is 17.8. The lowest BCUT2D eigenvalue weighted by molar-refractivity contribution is -0.642. The molecule has 5 rings (SSSR count). The van der Waals surface area contributed by atoms with Gasteiger partial charge in [-0.15, -0.1) is 0 Å². The van der Waals surface area contributed by atoms with Crippen molar-refractivity contribution in [1.82, 2.24) is 4.57 Å². The van der Waals surface area contributed by atoms with E-state index in [0.29, 0.717) is 0 Å². The first-order valence-corrected chi connectivity index (χ1v) is 13.4. The van der Waals surface area contributed by atoms with E-state index in [9.17, 15) is 0 Å². The van der Waals surface area contributed by atoms with Gasteiger partial charge in [-0.05, 0) is 36.4 Å². The molecule has 0 N–H and O–H groups in total. The Morgan fingerprint density at radius 1 is 1.04 bits per heavy atom. The monoisotopic (exact) mass is 387 g/mol. The van der Waals surface area contributed by atoms with Crippen LogP contribution in [-0.2, 0) is 14.1 Å². The fraction of sp³-hybridized carbons (Fsp3) is 0.292. The maximum atomic E-state index is 6.72. The van der Waals surface area contributed by atoms with E-state index in [1.807, 2.05) is 0 Å². The molecule has 0 aliphatic rings. The van der Waals surface area contributed by atoms with Gasteiger partial charge < -0.3 is 8.98 Å². The summed E-state index contributed by atoms with van der Waals surface area (Å²) >= 11 is 0. The molecule has 142 valence electrons. The molecule has 0 atom stereocenters. The van der Waals surface area contributed by atoms with Gasteiger partial charge in [0.25, 0.3) is 0 Å². The third kappa shape index (κ3) is 2.12. The lowest BCUT2D eigenvalue weighted by Crippen LogP contribution is -2.44. The number of nitrogens with zero attached hydrogens (tertiary/aromatic N) is 2. The van der Waals surface area contributed by atoms with Gasteiger partial charge in [0.15, 0.2) is 11.8 Å². The maximum Gasteiger partial charge on any atom is 0.232 e. The van der Waals surface area contributed by atoms with E-state index >= 15 is 0 Å². The minimum absolute atomic E-state index is 0.983. The molecule has 4 heteroatoms. The summed E-state index contributed by atoms with van der Waals surface area (Å²) in [7, 11) is 2.64. The lowest BCUT2D eigenvalue weighted by Gasteiger charge is -2.22. The normalized spacial score (nSPS) is 12.8. The average molecular weight is 388 g/mol. The number of pyridine rings is 1. The Labute approximate surface area is 166 Å². The highest BCUT2D eigenvalue weighted by Gasteiger charge is 2.32. The van der Waals surface area contributed by atoms with Crippen LogP contribution in [0.3, 0.4) is 0 Å². The summed E-state index contributed by atoms with van der Waals surface area (Å²) < 4.78 is 11.3. The summed E-state index contributed by atoms with van der Waals surface area (Å²) in [6, 6.07) is 10.9. The molecule has 0 bridgehead atoms. The van der Waals surface area contributed by atoms with E-state index in [1.54, 1.807) is 0 Å². The van der Waals surface area contributed by atoms with Gasteiger partial charge in [0.2, 0.25) is 5.52 Å². The molecule has 2 aromatic carbocycles. The van der Waals surface area contributed by atoms with Crippen LogP contribution in [0.1, 0.15) is 11.1 Å². The topological polar surface area (TPSA) is 21.9 Å². The average Bonchev–Trinajstić information content (AvgIpc) is 2.99. The van der Waals surface area contributed by atoms with Crippen molar-refractivity contribution in [2.24, 2.45) is 14.1 Å². The van der Waals surface area contributed by atoms with Gasteiger partial charge in [0.1, 0.15) is 18.1 Å². The van der Waals surface area contributed by atoms with Crippen molar-refractivity contribution in [3.8, 4) is 0 Å². The number of benzene rings is 2. The van der Waals surface area contributed by atoms with Crippen molar-refractivity contribution in [2.75, 3.05) is 0 Å². The molecule has 0 radical (unpaired) electrons. The van der Waals surface area contributed by atoms with Gasteiger partial charge in [0, 0.05) is 23.9 Å². The minimum Gasteiger partial charge on any atom is -0.454 e. The van der Waals surface area contributed by atoms with Crippen LogP contribution in [0.2, 0.25) is 19.6 Å². The van der Waals surface area contributed by atoms with Crippen LogP contribution in [0, 0.1) is 13.8 Å². The molecule has 0 saturated carbocycles. The molecule has 3 nitrogen and oxygen atoms in total. The van der Waals surface area contributed by atoms with Gasteiger partial charge in [-0.1, -0.05) is 37.8 Å². The first-order chi connectivity index (χ1) is 13.2. The van der Waals surface area contributed by atoms with Crippen LogP contribution in [0.4, 0.5) is 0 Å². The summed E-state index contributed by atoms with van der Waals surface area (Å²) in [4.78, 5) is 0. The van der Waals surface area contributed by atoms with E-state index in [-0.39, 0.29) is 0 Å². The number of aromatic nitrogens is 2. The lowest BCUT2D eigenvalue weighted by atomic mass is 9.96. The largest absolute Gasteiger partial charge is 0.454 e. The highest BCUT2D eigenvalue weighted by atomic mass is 28.3. The third-order valence-electron chi connectivity index (χ3n) is 6.27. The van der Waals surface area contributed by atoms with Gasteiger partial charge >= 0.3 is 0 Å². The molecule has 0 fully saturated rings. The van der Waals surface area contributed by atoms with E-state index < -0.39 is 8.07 Å². The molecule has 28 heavy (non-hydrogen) atoms. The molecule has 0 saturated heterocycles. The van der Waals surface area contributed by atoms with Crippen molar-refractivity contribution in [1.29, 1.82) is 0 Å². The second-order valence-corrected chi connectivity index (χ2v) is 14.2. The number of hydrogen-bond donors (Lipinski definition) is 0. The molecule has 3 aromatic heterocycles.